The average Bonchev–Trinajstić information content (AvgIpc) is 3.32. The molecule has 5 rings (SSSR count). The Bertz CT molecular complexity index is 1380. The second-order valence-electron chi connectivity index (χ2n) is 8.84. The van der Waals surface area contributed by atoms with E-state index in [4.69, 9.17) is 4.98 Å². The number of hydrogen-bond acceptors (Lipinski definition) is 5. The van der Waals surface area contributed by atoms with Gasteiger partial charge in [-0.25, -0.2) is 9.37 Å². The van der Waals surface area contributed by atoms with Gasteiger partial charge in [0, 0.05) is 42.1 Å². The Labute approximate surface area is 206 Å². The van der Waals surface area contributed by atoms with Gasteiger partial charge in [0.2, 0.25) is 11.9 Å². The highest BCUT2D eigenvalue weighted by Crippen LogP contribution is 2.33. The number of aromatic nitrogens is 2. The van der Waals surface area contributed by atoms with E-state index in [1.54, 1.807) is 23.6 Å². The van der Waals surface area contributed by atoms with Gasteiger partial charge in [-0.2, -0.15) is 0 Å². The van der Waals surface area contributed by atoms with E-state index in [9.17, 15) is 14.0 Å². The normalized spacial score (nSPS) is 14.4. The molecule has 0 radical (unpaired) electrons. The summed E-state index contributed by atoms with van der Waals surface area (Å²) in [5.41, 5.74) is 2.62. The highest BCUT2D eigenvalue weighted by atomic mass is 32.1. The van der Waals surface area contributed by atoms with Crippen LogP contribution in [0.15, 0.2) is 64.8 Å². The predicted molar refractivity (Wildman–Crippen MR) is 138 cm³/mol. The first-order valence-corrected chi connectivity index (χ1v) is 12.8. The molecule has 1 aliphatic heterocycles. The largest absolute Gasteiger partial charge is 0.356 e. The van der Waals surface area contributed by atoms with Crippen LogP contribution in [0.4, 0.5) is 10.3 Å². The summed E-state index contributed by atoms with van der Waals surface area (Å²) in [7, 11) is 0. The minimum atomic E-state index is -0.341. The first kappa shape index (κ1) is 23.2. The summed E-state index contributed by atoms with van der Waals surface area (Å²) in [4.78, 5) is 35.0. The number of carbonyl (C=O) groups is 1. The maximum atomic E-state index is 14.4. The topological polar surface area (TPSA) is 78.1 Å². The minimum Gasteiger partial charge on any atom is -0.356 e. The third-order valence-corrected chi connectivity index (χ3v) is 7.50. The van der Waals surface area contributed by atoms with Crippen molar-refractivity contribution in [3.05, 3.63) is 81.7 Å². The molecule has 0 spiro atoms. The van der Waals surface area contributed by atoms with Crippen LogP contribution in [0.2, 0.25) is 0 Å². The highest BCUT2D eigenvalue weighted by molar-refractivity contribution is 7.17. The number of nitrogens with one attached hydrogen (secondary N) is 2. The lowest BCUT2D eigenvalue weighted by molar-refractivity contribution is -0.125. The lowest BCUT2D eigenvalue weighted by Crippen LogP contribution is -2.41. The summed E-state index contributed by atoms with van der Waals surface area (Å²) in [6.45, 7) is 1.90. The number of fused-ring (bicyclic) bond motifs is 1. The van der Waals surface area contributed by atoms with Gasteiger partial charge in [-0.05, 0) is 37.3 Å². The number of aromatic amines is 1. The third-order valence-electron chi connectivity index (χ3n) is 6.53. The van der Waals surface area contributed by atoms with Crippen LogP contribution in [-0.4, -0.2) is 35.5 Å². The molecule has 0 saturated carbocycles. The number of piperidine rings is 1. The Kier molecular flexibility index (Phi) is 6.90. The number of hydrogen-bond donors (Lipinski definition) is 2. The van der Waals surface area contributed by atoms with Gasteiger partial charge in [-0.15, -0.1) is 11.3 Å². The van der Waals surface area contributed by atoms with Gasteiger partial charge in [0.1, 0.15) is 10.5 Å². The molecule has 0 unspecified atom stereocenters. The summed E-state index contributed by atoms with van der Waals surface area (Å²) in [5.74, 6) is 0.175. The van der Waals surface area contributed by atoms with Crippen molar-refractivity contribution < 1.29 is 9.18 Å². The molecule has 8 heteroatoms. The fourth-order valence-corrected chi connectivity index (χ4v) is 5.48. The molecule has 6 nitrogen and oxygen atoms in total. The zero-order chi connectivity index (χ0) is 24.2. The van der Waals surface area contributed by atoms with Crippen LogP contribution in [0.1, 0.15) is 24.8 Å². The fourth-order valence-electron chi connectivity index (χ4n) is 4.58. The molecule has 2 N–H and O–H groups in total. The molecule has 0 bridgehead atoms. The summed E-state index contributed by atoms with van der Waals surface area (Å²) in [6.07, 6.45) is 3.23. The van der Waals surface area contributed by atoms with E-state index < -0.39 is 0 Å². The van der Waals surface area contributed by atoms with Crippen molar-refractivity contribution in [2.24, 2.45) is 5.92 Å². The number of halogens is 1. The summed E-state index contributed by atoms with van der Waals surface area (Å²) >= 11 is 1.27. The monoisotopic (exact) mass is 490 g/mol. The van der Waals surface area contributed by atoms with E-state index in [1.807, 2.05) is 23.1 Å². The Morgan fingerprint density at radius 3 is 2.60 bits per heavy atom. The Morgan fingerprint density at radius 2 is 1.83 bits per heavy atom. The molecule has 1 fully saturated rings. The first-order valence-electron chi connectivity index (χ1n) is 11.9. The second kappa shape index (κ2) is 10.4. The molecule has 35 heavy (non-hydrogen) atoms. The van der Waals surface area contributed by atoms with Crippen molar-refractivity contribution in [1.29, 1.82) is 0 Å². The number of nitrogens with zero attached hydrogens (tertiary/aromatic N) is 2. The number of amides is 1. The first-order chi connectivity index (χ1) is 17.1. The van der Waals surface area contributed by atoms with Crippen molar-refractivity contribution in [3.63, 3.8) is 0 Å². The molecular weight excluding hydrogens is 463 g/mol. The van der Waals surface area contributed by atoms with Crippen LogP contribution < -0.4 is 15.8 Å². The van der Waals surface area contributed by atoms with Gasteiger partial charge in [0.25, 0.3) is 5.56 Å². The smallest absolute Gasteiger partial charge is 0.270 e. The van der Waals surface area contributed by atoms with Crippen LogP contribution in [0, 0.1) is 11.7 Å². The van der Waals surface area contributed by atoms with Gasteiger partial charge in [-0.1, -0.05) is 48.5 Å². The maximum Gasteiger partial charge on any atom is 0.270 e. The third kappa shape index (κ3) is 5.12. The van der Waals surface area contributed by atoms with Crippen LogP contribution in [0.25, 0.3) is 21.3 Å². The van der Waals surface area contributed by atoms with Crippen LogP contribution in [0.3, 0.4) is 0 Å². The second-order valence-corrected chi connectivity index (χ2v) is 9.72. The lowest BCUT2D eigenvalue weighted by Gasteiger charge is -2.31. The predicted octanol–water partition coefficient (Wildman–Crippen LogP) is 4.76. The molecule has 180 valence electrons. The molecule has 2 aromatic heterocycles. The Morgan fingerprint density at radius 1 is 1.09 bits per heavy atom. The SMILES string of the molecule is O=C(NCCCc1ccccc1)C1CCN(c2nc3c(-c4ccccc4F)csc3c(=O)[nH]2)CC1. The molecule has 3 heterocycles. The molecule has 1 amide bonds. The summed E-state index contributed by atoms with van der Waals surface area (Å²) in [6, 6.07) is 16.8. The van der Waals surface area contributed by atoms with Crippen molar-refractivity contribution in [2.75, 3.05) is 24.5 Å². The number of rotatable bonds is 7. The van der Waals surface area contributed by atoms with Gasteiger partial charge < -0.3 is 10.2 Å². The summed E-state index contributed by atoms with van der Waals surface area (Å²) < 4.78 is 14.9. The fraction of sp³-hybridized carbons (Fsp3) is 0.296. The molecule has 0 atom stereocenters. The minimum absolute atomic E-state index is 0.0476. The van der Waals surface area contributed by atoms with Crippen LogP contribution >= 0.6 is 11.3 Å². The number of H-pyrrole nitrogens is 1. The number of benzene rings is 2. The van der Waals surface area contributed by atoms with Gasteiger partial charge in [-0.3, -0.25) is 14.6 Å². The standard InChI is InChI=1S/C27H27FN4O2S/c28-22-11-5-4-10-20(22)21-17-35-24-23(21)30-27(31-26(24)34)32-15-12-19(13-16-32)25(33)29-14-6-9-18-7-2-1-3-8-18/h1-5,7-8,10-11,17,19H,6,9,12-16H2,(H,29,33)(H,30,31,34). The lowest BCUT2D eigenvalue weighted by atomic mass is 9.96. The summed E-state index contributed by atoms with van der Waals surface area (Å²) in [5, 5.41) is 4.85. The molecular formula is C27H27FN4O2S. The van der Waals surface area contributed by atoms with Crippen LogP contribution in [-0.2, 0) is 11.2 Å². The maximum absolute atomic E-state index is 14.4. The van der Waals surface area contributed by atoms with Crippen molar-refractivity contribution >= 4 is 33.4 Å². The number of aryl methyl sites for hydroxylation is 1. The van der Waals surface area contributed by atoms with Gasteiger partial charge >= 0.3 is 0 Å². The van der Waals surface area contributed by atoms with E-state index in [2.05, 4.69) is 22.4 Å². The van der Waals surface area contributed by atoms with E-state index in [1.165, 1.54) is 23.0 Å². The van der Waals surface area contributed by atoms with E-state index >= 15 is 0 Å². The number of carbonyl (C=O) groups excluding carboxylic acids is 1. The number of thiophene rings is 1. The van der Waals surface area contributed by atoms with Crippen molar-refractivity contribution in [1.82, 2.24) is 15.3 Å². The molecule has 1 saturated heterocycles. The van der Waals surface area contributed by atoms with E-state index in [-0.39, 0.29) is 23.2 Å². The molecule has 2 aromatic carbocycles. The average molecular weight is 491 g/mol. The Balaban J connectivity index is 1.21. The van der Waals surface area contributed by atoms with Gasteiger partial charge in [0.15, 0.2) is 0 Å². The molecule has 0 aliphatic carbocycles. The Hall–Kier alpha value is -3.52. The number of anilines is 1. The van der Waals surface area contributed by atoms with Gasteiger partial charge in [0.05, 0.1) is 5.52 Å². The van der Waals surface area contributed by atoms with Crippen molar-refractivity contribution in [3.8, 4) is 11.1 Å². The highest BCUT2D eigenvalue weighted by Gasteiger charge is 2.26. The molecule has 4 aromatic rings. The van der Waals surface area contributed by atoms with Crippen molar-refractivity contribution in [2.45, 2.75) is 25.7 Å². The van der Waals surface area contributed by atoms with E-state index in [0.29, 0.717) is 59.8 Å². The zero-order valence-corrected chi connectivity index (χ0v) is 20.1. The van der Waals surface area contributed by atoms with Crippen LogP contribution in [0.5, 0.6) is 0 Å². The molecule has 1 aliphatic rings. The quantitative estimate of drug-likeness (QED) is 0.366. The zero-order valence-electron chi connectivity index (χ0n) is 19.3. The van der Waals surface area contributed by atoms with E-state index in [0.717, 1.165) is 12.8 Å².